The first-order valence-corrected chi connectivity index (χ1v) is 6.35. The van der Waals surface area contributed by atoms with Gasteiger partial charge in [-0.1, -0.05) is 18.7 Å². The lowest BCUT2D eigenvalue weighted by Gasteiger charge is -2.07. The molecule has 0 radical (unpaired) electrons. The minimum atomic E-state index is -1.10. The summed E-state index contributed by atoms with van der Waals surface area (Å²) >= 11 is 0. The van der Waals surface area contributed by atoms with E-state index in [4.69, 9.17) is 9.84 Å². The van der Waals surface area contributed by atoms with Gasteiger partial charge in [-0.25, -0.2) is 9.18 Å². The van der Waals surface area contributed by atoms with Crippen molar-refractivity contribution < 1.29 is 33.4 Å². The summed E-state index contributed by atoms with van der Waals surface area (Å²) in [5.74, 6) is -3.03. The fourth-order valence-corrected chi connectivity index (χ4v) is 1.37. The van der Waals surface area contributed by atoms with Gasteiger partial charge in [-0.2, -0.15) is 0 Å². The molecule has 7 heteroatoms. The lowest BCUT2D eigenvalue weighted by atomic mass is 10.2. The number of hydrogen-bond acceptors (Lipinski definition) is 5. The molecule has 118 valence electrons. The van der Waals surface area contributed by atoms with Crippen LogP contribution in [0, 0.1) is 5.82 Å². The van der Waals surface area contributed by atoms with E-state index < -0.39 is 23.7 Å². The minimum Gasteiger partial charge on any atom is -0.481 e. The topological polar surface area (TPSA) is 89.9 Å². The number of aliphatic carboxylic acids is 1. The van der Waals surface area contributed by atoms with E-state index in [0.29, 0.717) is 5.56 Å². The third-order valence-corrected chi connectivity index (χ3v) is 2.51. The van der Waals surface area contributed by atoms with E-state index >= 15 is 0 Å². The van der Waals surface area contributed by atoms with Gasteiger partial charge in [-0.3, -0.25) is 9.59 Å². The summed E-state index contributed by atoms with van der Waals surface area (Å²) < 4.78 is 22.2. The molecule has 0 unspecified atom stereocenters. The van der Waals surface area contributed by atoms with E-state index in [2.05, 4.69) is 11.3 Å². The molecule has 22 heavy (non-hydrogen) atoms. The molecule has 6 nitrogen and oxygen atoms in total. The number of carbonyl (C=O) groups is 3. The number of ether oxygens (including phenoxy) is 2. The van der Waals surface area contributed by atoms with Gasteiger partial charge in [0.05, 0.1) is 12.8 Å². The zero-order chi connectivity index (χ0) is 16.5. The fourth-order valence-electron chi connectivity index (χ4n) is 1.37. The maximum Gasteiger partial charge on any atom is 0.334 e. The van der Waals surface area contributed by atoms with E-state index in [1.54, 1.807) is 0 Å². The van der Waals surface area contributed by atoms with Crippen LogP contribution in [0.25, 0.3) is 0 Å². The number of rotatable bonds is 8. The van der Waals surface area contributed by atoms with Gasteiger partial charge < -0.3 is 14.6 Å². The van der Waals surface area contributed by atoms with Crippen molar-refractivity contribution in [2.45, 2.75) is 19.4 Å². The van der Waals surface area contributed by atoms with Crippen LogP contribution in [0.4, 0.5) is 4.39 Å². The van der Waals surface area contributed by atoms with Gasteiger partial charge >= 0.3 is 17.9 Å². The van der Waals surface area contributed by atoms with Crippen molar-refractivity contribution in [1.29, 1.82) is 0 Å². The first kappa shape index (κ1) is 17.4. The molecule has 0 aromatic heterocycles. The highest BCUT2D eigenvalue weighted by atomic mass is 19.1. The highest BCUT2D eigenvalue weighted by Crippen LogP contribution is 2.08. The second kappa shape index (κ2) is 8.56. The van der Waals surface area contributed by atoms with Crippen LogP contribution < -0.4 is 0 Å². The number of benzene rings is 1. The lowest BCUT2D eigenvalue weighted by Crippen LogP contribution is -2.14. The summed E-state index contributed by atoms with van der Waals surface area (Å²) in [7, 11) is 0. The van der Waals surface area contributed by atoms with Crippen LogP contribution in [0.2, 0.25) is 0 Å². The molecule has 0 heterocycles. The van der Waals surface area contributed by atoms with E-state index in [-0.39, 0.29) is 31.6 Å². The molecule has 0 saturated heterocycles. The van der Waals surface area contributed by atoms with E-state index in [1.165, 1.54) is 24.3 Å². The Balaban J connectivity index is 2.31. The zero-order valence-electron chi connectivity index (χ0n) is 11.7. The maximum atomic E-state index is 12.7. The second-order valence-corrected chi connectivity index (χ2v) is 4.35. The molecule has 0 saturated carbocycles. The molecular weight excluding hydrogens is 295 g/mol. The Hall–Kier alpha value is -2.70. The molecule has 0 atom stereocenters. The molecule has 1 aromatic rings. The highest BCUT2D eigenvalue weighted by molar-refractivity contribution is 5.93. The first-order chi connectivity index (χ1) is 10.4. The predicted octanol–water partition coefficient (Wildman–Crippen LogP) is 1.83. The minimum absolute atomic E-state index is 0.0551. The normalized spacial score (nSPS) is 9.86. The zero-order valence-corrected chi connectivity index (χ0v) is 11.7. The van der Waals surface area contributed by atoms with Crippen LogP contribution >= 0.6 is 0 Å². The predicted molar refractivity (Wildman–Crippen MR) is 73.2 cm³/mol. The van der Waals surface area contributed by atoms with Gasteiger partial charge in [-0.15, -0.1) is 0 Å². The Morgan fingerprint density at radius 3 is 2.36 bits per heavy atom. The number of hydrogen-bond donors (Lipinski definition) is 1. The molecule has 0 aliphatic heterocycles. The number of halogens is 1. The fraction of sp³-hybridized carbons (Fsp3) is 0.267. The number of carboxylic acid groups (broad SMARTS) is 1. The molecule has 1 N–H and O–H groups in total. The summed E-state index contributed by atoms with van der Waals surface area (Å²) in [6.45, 7) is 3.04. The third-order valence-electron chi connectivity index (χ3n) is 2.51. The SMILES string of the molecule is C=C(CC(=O)OCc1ccc(F)cc1)C(=O)OCCC(=O)O. The number of carbonyl (C=O) groups excluding carboxylic acids is 2. The molecule has 0 fully saturated rings. The van der Waals surface area contributed by atoms with Crippen LogP contribution in [-0.2, 0) is 30.5 Å². The van der Waals surface area contributed by atoms with Crippen LogP contribution in [0.3, 0.4) is 0 Å². The van der Waals surface area contributed by atoms with Crippen LogP contribution in [0.1, 0.15) is 18.4 Å². The van der Waals surface area contributed by atoms with Crippen molar-refractivity contribution in [3.63, 3.8) is 0 Å². The van der Waals surface area contributed by atoms with Crippen LogP contribution in [0.15, 0.2) is 36.4 Å². The Morgan fingerprint density at radius 1 is 1.14 bits per heavy atom. The summed E-state index contributed by atoms with van der Waals surface area (Å²) in [5, 5.41) is 8.39. The van der Waals surface area contributed by atoms with Crippen molar-refractivity contribution in [3.8, 4) is 0 Å². The molecule has 0 bridgehead atoms. The van der Waals surface area contributed by atoms with Gasteiger partial charge in [0.1, 0.15) is 19.0 Å². The monoisotopic (exact) mass is 310 g/mol. The third kappa shape index (κ3) is 6.65. The Labute approximate surface area is 126 Å². The molecule has 0 aliphatic rings. The largest absolute Gasteiger partial charge is 0.481 e. The summed E-state index contributed by atoms with van der Waals surface area (Å²) in [5.41, 5.74) is 0.471. The van der Waals surface area contributed by atoms with Gasteiger partial charge in [0.25, 0.3) is 0 Å². The van der Waals surface area contributed by atoms with Crippen molar-refractivity contribution in [2.75, 3.05) is 6.61 Å². The summed E-state index contributed by atoms with van der Waals surface area (Å²) in [6.07, 6.45) is -0.693. The number of esters is 2. The molecule has 0 amide bonds. The maximum absolute atomic E-state index is 12.7. The second-order valence-electron chi connectivity index (χ2n) is 4.35. The van der Waals surface area contributed by atoms with Gasteiger partial charge in [0.15, 0.2) is 0 Å². The molecule has 1 rings (SSSR count). The van der Waals surface area contributed by atoms with Crippen molar-refractivity contribution in [1.82, 2.24) is 0 Å². The molecule has 0 aliphatic carbocycles. The Morgan fingerprint density at radius 2 is 1.77 bits per heavy atom. The van der Waals surface area contributed by atoms with Crippen molar-refractivity contribution >= 4 is 17.9 Å². The smallest absolute Gasteiger partial charge is 0.334 e. The van der Waals surface area contributed by atoms with Crippen LogP contribution in [0.5, 0.6) is 0 Å². The lowest BCUT2D eigenvalue weighted by molar-refractivity contribution is -0.148. The standard InChI is InChI=1S/C15H15FO6/c1-10(15(20)21-7-6-13(17)18)8-14(19)22-9-11-2-4-12(16)5-3-11/h2-5H,1,6-9H2,(H,17,18). The van der Waals surface area contributed by atoms with E-state index in [9.17, 15) is 18.8 Å². The van der Waals surface area contributed by atoms with E-state index in [1.807, 2.05) is 0 Å². The summed E-state index contributed by atoms with van der Waals surface area (Å²) in [4.78, 5) is 33.2. The van der Waals surface area contributed by atoms with Gasteiger partial charge in [0, 0.05) is 5.57 Å². The molecule has 0 spiro atoms. The number of carboxylic acids is 1. The van der Waals surface area contributed by atoms with Crippen molar-refractivity contribution in [3.05, 3.63) is 47.8 Å². The van der Waals surface area contributed by atoms with Gasteiger partial charge in [0.2, 0.25) is 0 Å². The Bertz CT molecular complexity index is 564. The molecular formula is C15H15FO6. The quantitative estimate of drug-likeness (QED) is 0.582. The summed E-state index contributed by atoms with van der Waals surface area (Å²) in [6, 6.07) is 5.42. The molecule has 1 aromatic carbocycles. The van der Waals surface area contributed by atoms with Crippen LogP contribution in [-0.4, -0.2) is 29.6 Å². The average Bonchev–Trinajstić information content (AvgIpc) is 2.46. The Kier molecular flexibility index (Phi) is 6.75. The first-order valence-electron chi connectivity index (χ1n) is 6.35. The van der Waals surface area contributed by atoms with E-state index in [0.717, 1.165) is 0 Å². The average molecular weight is 310 g/mol. The highest BCUT2D eigenvalue weighted by Gasteiger charge is 2.14. The van der Waals surface area contributed by atoms with Crippen molar-refractivity contribution in [2.24, 2.45) is 0 Å². The van der Waals surface area contributed by atoms with Gasteiger partial charge in [-0.05, 0) is 17.7 Å².